The summed E-state index contributed by atoms with van der Waals surface area (Å²) in [6, 6.07) is 21.8. The Morgan fingerprint density at radius 2 is 1.54 bits per heavy atom. The molecule has 0 aliphatic carbocycles. The fourth-order valence-electron chi connectivity index (χ4n) is 2.98. The van der Waals surface area contributed by atoms with Gasteiger partial charge in [-0.15, -0.1) is 0 Å². The molecular weight excluding hydrogens is 391 g/mol. The van der Waals surface area contributed by atoms with Crippen LogP contribution in [0.25, 0.3) is 0 Å². The number of carbonyl (C=O) groups excluding carboxylic acids is 1. The zero-order valence-corrected chi connectivity index (χ0v) is 17.3. The lowest BCUT2D eigenvalue weighted by molar-refractivity contribution is -0.115. The van der Waals surface area contributed by atoms with E-state index in [0.717, 1.165) is 16.7 Å². The van der Waals surface area contributed by atoms with Crippen molar-refractivity contribution in [2.24, 2.45) is 0 Å². The Morgan fingerprint density at radius 1 is 0.893 bits per heavy atom. The highest BCUT2D eigenvalue weighted by molar-refractivity contribution is 6.40. The second-order valence-electron chi connectivity index (χ2n) is 6.74. The molecule has 0 aromatic heterocycles. The maximum atomic E-state index is 12.6. The number of hydrogen-bond acceptors (Lipinski definition) is 2. The molecule has 0 aliphatic rings. The van der Waals surface area contributed by atoms with E-state index in [2.05, 4.69) is 41.8 Å². The van der Waals surface area contributed by atoms with Crippen LogP contribution in [0.4, 0.5) is 5.69 Å². The number of halogens is 2. The summed E-state index contributed by atoms with van der Waals surface area (Å²) in [6.45, 7) is 4.04. The van der Waals surface area contributed by atoms with Gasteiger partial charge in [-0.2, -0.15) is 0 Å². The van der Waals surface area contributed by atoms with Gasteiger partial charge in [0.25, 0.3) is 0 Å². The number of hydrogen-bond donors (Lipinski definition) is 2. The molecule has 0 bridgehead atoms. The van der Waals surface area contributed by atoms with Crippen LogP contribution in [0, 0.1) is 13.8 Å². The van der Waals surface area contributed by atoms with Crippen molar-refractivity contribution in [3.05, 3.63) is 99.0 Å². The van der Waals surface area contributed by atoms with E-state index in [1.54, 1.807) is 6.07 Å². The minimum absolute atomic E-state index is 0.101. The van der Waals surface area contributed by atoms with E-state index in [1.165, 1.54) is 5.56 Å². The number of rotatable bonds is 6. The van der Waals surface area contributed by atoms with Gasteiger partial charge < -0.3 is 5.32 Å². The van der Waals surface area contributed by atoms with Gasteiger partial charge in [0.15, 0.2) is 0 Å². The molecule has 3 nitrogen and oxygen atoms in total. The Hall–Kier alpha value is -2.33. The molecule has 1 amide bonds. The monoisotopic (exact) mass is 412 g/mol. The molecule has 0 spiro atoms. The molecule has 5 heteroatoms. The van der Waals surface area contributed by atoms with Crippen molar-refractivity contribution < 1.29 is 4.79 Å². The first-order valence-corrected chi connectivity index (χ1v) is 9.80. The Bertz CT molecular complexity index is 956. The van der Waals surface area contributed by atoms with Crippen LogP contribution in [-0.2, 0) is 4.79 Å². The minimum Gasteiger partial charge on any atom is -0.322 e. The summed E-state index contributed by atoms with van der Waals surface area (Å²) in [7, 11) is 0. The standard InChI is InChI=1S/C23H22Cl2N2O/c1-15-8-11-18(12-9-15)22(17-6-4-3-5-7-17)26-14-20(28)27-23-19(24)13-10-16(2)21(23)25/h3-13,22,26H,14H2,1-2H3,(H,27,28)/t22-/m1/s1. The highest BCUT2D eigenvalue weighted by Crippen LogP contribution is 2.32. The van der Waals surface area contributed by atoms with Gasteiger partial charge in [0.1, 0.15) is 0 Å². The summed E-state index contributed by atoms with van der Waals surface area (Å²) in [5.41, 5.74) is 4.68. The predicted octanol–water partition coefficient (Wildman–Crippen LogP) is 5.93. The average molecular weight is 413 g/mol. The van der Waals surface area contributed by atoms with Gasteiger partial charge >= 0.3 is 0 Å². The third-order valence-corrected chi connectivity index (χ3v) is 5.36. The summed E-state index contributed by atoms with van der Waals surface area (Å²) in [4.78, 5) is 12.6. The lowest BCUT2D eigenvalue weighted by Gasteiger charge is -2.20. The number of benzene rings is 3. The van der Waals surface area contributed by atoms with Crippen molar-refractivity contribution in [2.75, 3.05) is 11.9 Å². The van der Waals surface area contributed by atoms with Crippen molar-refractivity contribution >= 4 is 34.8 Å². The zero-order chi connectivity index (χ0) is 20.1. The molecule has 0 heterocycles. The van der Waals surface area contributed by atoms with Crippen molar-refractivity contribution in [1.29, 1.82) is 0 Å². The molecule has 3 aromatic rings. The zero-order valence-electron chi connectivity index (χ0n) is 15.8. The predicted molar refractivity (Wildman–Crippen MR) is 117 cm³/mol. The van der Waals surface area contributed by atoms with Crippen molar-refractivity contribution in [3.8, 4) is 0 Å². The summed E-state index contributed by atoms with van der Waals surface area (Å²) in [5, 5.41) is 7.04. The molecule has 2 N–H and O–H groups in total. The van der Waals surface area contributed by atoms with E-state index in [1.807, 2.05) is 43.3 Å². The van der Waals surface area contributed by atoms with Crippen LogP contribution in [0.15, 0.2) is 66.7 Å². The lowest BCUT2D eigenvalue weighted by Crippen LogP contribution is -2.32. The summed E-state index contributed by atoms with van der Waals surface area (Å²) >= 11 is 12.5. The quantitative estimate of drug-likeness (QED) is 0.526. The first-order valence-electron chi connectivity index (χ1n) is 9.05. The second kappa shape index (κ2) is 9.24. The van der Waals surface area contributed by atoms with Crippen LogP contribution in [0.2, 0.25) is 10.0 Å². The van der Waals surface area contributed by atoms with Crippen LogP contribution >= 0.6 is 23.2 Å². The van der Waals surface area contributed by atoms with Gasteiger partial charge in [0, 0.05) is 0 Å². The number of nitrogens with one attached hydrogen (secondary N) is 2. The molecule has 0 saturated carbocycles. The van der Waals surface area contributed by atoms with Crippen LogP contribution in [0.3, 0.4) is 0 Å². The van der Waals surface area contributed by atoms with E-state index >= 15 is 0 Å². The first-order chi connectivity index (χ1) is 13.5. The van der Waals surface area contributed by atoms with Crippen LogP contribution < -0.4 is 10.6 Å². The van der Waals surface area contributed by atoms with Crippen molar-refractivity contribution in [1.82, 2.24) is 5.32 Å². The molecule has 0 fully saturated rings. The molecule has 0 saturated heterocycles. The second-order valence-corrected chi connectivity index (χ2v) is 7.52. The Labute approximate surface area is 175 Å². The average Bonchev–Trinajstić information content (AvgIpc) is 2.70. The third-order valence-electron chi connectivity index (χ3n) is 4.56. The molecule has 3 rings (SSSR count). The topological polar surface area (TPSA) is 41.1 Å². The van der Waals surface area contributed by atoms with Gasteiger partial charge in [-0.1, -0.05) is 89.4 Å². The van der Waals surface area contributed by atoms with Gasteiger partial charge in [-0.05, 0) is 36.6 Å². The third kappa shape index (κ3) is 4.93. The van der Waals surface area contributed by atoms with E-state index in [9.17, 15) is 4.79 Å². The fraction of sp³-hybridized carbons (Fsp3) is 0.174. The van der Waals surface area contributed by atoms with Gasteiger partial charge in [0.05, 0.1) is 28.3 Å². The van der Waals surface area contributed by atoms with Crippen molar-refractivity contribution in [3.63, 3.8) is 0 Å². The summed E-state index contributed by atoms with van der Waals surface area (Å²) in [6.07, 6.45) is 0. The maximum Gasteiger partial charge on any atom is 0.238 e. The molecular formula is C23H22Cl2N2O. The van der Waals surface area contributed by atoms with Gasteiger partial charge in [0.2, 0.25) is 5.91 Å². The molecule has 28 heavy (non-hydrogen) atoms. The molecule has 0 unspecified atom stereocenters. The first kappa shape index (κ1) is 20.4. The highest BCUT2D eigenvalue weighted by Gasteiger charge is 2.16. The van der Waals surface area contributed by atoms with Crippen LogP contribution in [-0.4, -0.2) is 12.5 Å². The van der Waals surface area contributed by atoms with Crippen LogP contribution in [0.1, 0.15) is 28.3 Å². The van der Waals surface area contributed by atoms with E-state index in [4.69, 9.17) is 23.2 Å². The van der Waals surface area contributed by atoms with E-state index in [-0.39, 0.29) is 18.5 Å². The fourth-order valence-corrected chi connectivity index (χ4v) is 3.45. The smallest absolute Gasteiger partial charge is 0.238 e. The summed E-state index contributed by atoms with van der Waals surface area (Å²) < 4.78 is 0. The molecule has 144 valence electrons. The number of aryl methyl sites for hydroxylation is 2. The minimum atomic E-state index is -0.206. The molecule has 0 radical (unpaired) electrons. The summed E-state index contributed by atoms with van der Waals surface area (Å²) in [5.74, 6) is -0.206. The molecule has 3 aromatic carbocycles. The normalized spacial score (nSPS) is 11.9. The number of amides is 1. The molecule has 1 atom stereocenters. The number of anilines is 1. The Kier molecular flexibility index (Phi) is 6.74. The Balaban J connectivity index is 1.76. The van der Waals surface area contributed by atoms with Gasteiger partial charge in [-0.3, -0.25) is 10.1 Å². The number of carbonyl (C=O) groups is 1. The SMILES string of the molecule is Cc1ccc([C@H](NCC(=O)Nc2c(Cl)ccc(C)c2Cl)c2ccccc2)cc1. The highest BCUT2D eigenvalue weighted by atomic mass is 35.5. The van der Waals surface area contributed by atoms with Gasteiger partial charge in [-0.25, -0.2) is 0 Å². The largest absolute Gasteiger partial charge is 0.322 e. The van der Waals surface area contributed by atoms with E-state index < -0.39 is 0 Å². The van der Waals surface area contributed by atoms with E-state index in [0.29, 0.717) is 15.7 Å². The van der Waals surface area contributed by atoms with Crippen molar-refractivity contribution in [2.45, 2.75) is 19.9 Å². The molecule has 0 aliphatic heterocycles. The maximum absolute atomic E-state index is 12.6. The lowest BCUT2D eigenvalue weighted by atomic mass is 9.98. The Morgan fingerprint density at radius 3 is 2.21 bits per heavy atom. The van der Waals surface area contributed by atoms with Crippen LogP contribution in [0.5, 0.6) is 0 Å².